The van der Waals surface area contributed by atoms with Gasteiger partial charge in [-0.05, 0) is 39.0 Å². The minimum absolute atomic E-state index is 0.0952. The lowest BCUT2D eigenvalue weighted by molar-refractivity contribution is -0.137. The van der Waals surface area contributed by atoms with Crippen molar-refractivity contribution >= 4 is 17.5 Å². The van der Waals surface area contributed by atoms with Crippen molar-refractivity contribution in [2.24, 2.45) is 0 Å². The minimum Gasteiger partial charge on any atom is -0.444 e. The molecule has 1 amide bonds. The Morgan fingerprint density at radius 3 is 2.17 bits per heavy atom. The smallest absolute Gasteiger partial charge is 0.416 e. The number of carbonyl (C=O) groups is 1. The van der Waals surface area contributed by atoms with E-state index in [1.807, 2.05) is 0 Å². The van der Waals surface area contributed by atoms with Crippen molar-refractivity contribution in [3.63, 3.8) is 0 Å². The topological polar surface area (TPSA) is 134 Å². The van der Waals surface area contributed by atoms with Gasteiger partial charge in [0, 0.05) is 13.1 Å². The number of amides is 1. The number of hydrogen-bond donors (Lipinski definition) is 3. The van der Waals surface area contributed by atoms with Crippen LogP contribution in [0.2, 0.25) is 0 Å². The number of ether oxygens (including phenoxy) is 1. The molecule has 1 rings (SSSR count). The third kappa shape index (κ3) is 7.61. The van der Waals surface area contributed by atoms with Gasteiger partial charge in [0.2, 0.25) is 0 Å². The maximum atomic E-state index is 13.0. The van der Waals surface area contributed by atoms with Crippen LogP contribution in [0.4, 0.5) is 29.3 Å². The molecule has 11 heteroatoms. The first-order chi connectivity index (χ1) is 13.9. The van der Waals surface area contributed by atoms with Gasteiger partial charge in [0.25, 0.3) is 0 Å². The highest BCUT2D eigenvalue weighted by Crippen LogP contribution is 2.34. The number of alkyl halides is 3. The van der Waals surface area contributed by atoms with E-state index in [1.54, 1.807) is 26.8 Å². The number of carbonyl (C=O) groups excluding carboxylic acids is 1. The second-order valence-corrected chi connectivity index (χ2v) is 6.82. The highest BCUT2D eigenvalue weighted by atomic mass is 19.4. The Balaban J connectivity index is 3.03. The Kier molecular flexibility index (Phi) is 8.07. The molecule has 0 saturated heterocycles. The van der Waals surface area contributed by atoms with Gasteiger partial charge in [0.15, 0.2) is 5.57 Å². The van der Waals surface area contributed by atoms with Crippen LogP contribution in [0.1, 0.15) is 26.3 Å². The summed E-state index contributed by atoms with van der Waals surface area (Å²) in [5.41, 5.74) is -2.74. The monoisotopic (exact) mass is 420 g/mol. The lowest BCUT2D eigenvalue weighted by Crippen LogP contribution is -2.35. The van der Waals surface area contributed by atoms with Crippen molar-refractivity contribution in [1.29, 1.82) is 15.8 Å². The predicted molar refractivity (Wildman–Crippen MR) is 102 cm³/mol. The van der Waals surface area contributed by atoms with Gasteiger partial charge >= 0.3 is 12.3 Å². The third-order valence-corrected chi connectivity index (χ3v) is 3.30. The van der Waals surface area contributed by atoms with Crippen LogP contribution in [0.3, 0.4) is 0 Å². The molecule has 30 heavy (non-hydrogen) atoms. The highest BCUT2D eigenvalue weighted by Gasteiger charge is 2.31. The van der Waals surface area contributed by atoms with E-state index in [2.05, 4.69) is 16.0 Å². The summed E-state index contributed by atoms with van der Waals surface area (Å²) in [6.45, 7) is 5.30. The second kappa shape index (κ2) is 10.0. The summed E-state index contributed by atoms with van der Waals surface area (Å²) in [7, 11) is 0. The van der Waals surface area contributed by atoms with E-state index in [0.717, 1.165) is 18.2 Å². The average molecular weight is 420 g/mol. The van der Waals surface area contributed by atoms with Gasteiger partial charge in [0.05, 0.1) is 16.9 Å². The molecule has 0 radical (unpaired) electrons. The molecule has 0 unspecified atom stereocenters. The van der Waals surface area contributed by atoms with Crippen molar-refractivity contribution in [3.05, 3.63) is 35.0 Å². The van der Waals surface area contributed by atoms with Gasteiger partial charge in [-0.15, -0.1) is 0 Å². The number of anilines is 2. The van der Waals surface area contributed by atoms with Crippen molar-refractivity contribution in [3.8, 4) is 18.2 Å². The van der Waals surface area contributed by atoms with E-state index in [1.165, 1.54) is 12.1 Å². The molecule has 0 aliphatic carbocycles. The molecule has 0 aliphatic rings. The third-order valence-electron chi connectivity index (χ3n) is 3.30. The Bertz CT molecular complexity index is 927. The number of nitriles is 3. The summed E-state index contributed by atoms with van der Waals surface area (Å²) < 4.78 is 44.2. The summed E-state index contributed by atoms with van der Waals surface area (Å²) in [4.78, 5) is 11.6. The van der Waals surface area contributed by atoms with Crippen molar-refractivity contribution in [2.75, 3.05) is 23.7 Å². The van der Waals surface area contributed by atoms with Gasteiger partial charge in [-0.2, -0.15) is 29.0 Å². The SMILES string of the molecule is CC(C)(C)OC(=O)NCCNc1ccc(C(F)(F)F)cc1NC(C#N)=C(C#N)C#N. The Labute approximate surface area is 171 Å². The van der Waals surface area contributed by atoms with Gasteiger partial charge in [0.1, 0.15) is 29.5 Å². The summed E-state index contributed by atoms with van der Waals surface area (Å²) in [6, 6.07) is 7.29. The van der Waals surface area contributed by atoms with Crippen LogP contribution in [0.15, 0.2) is 29.5 Å². The number of hydrogen-bond acceptors (Lipinski definition) is 7. The molecule has 8 nitrogen and oxygen atoms in total. The van der Waals surface area contributed by atoms with E-state index in [9.17, 15) is 18.0 Å². The fourth-order valence-corrected chi connectivity index (χ4v) is 2.07. The van der Waals surface area contributed by atoms with Gasteiger partial charge in [-0.3, -0.25) is 0 Å². The number of nitrogens with zero attached hydrogens (tertiary/aromatic N) is 3. The number of alkyl carbamates (subject to hydrolysis) is 1. The van der Waals surface area contributed by atoms with Gasteiger partial charge < -0.3 is 20.7 Å². The molecular weight excluding hydrogens is 401 g/mol. The molecule has 1 aromatic rings. The van der Waals surface area contributed by atoms with Crippen LogP contribution in [0, 0.1) is 34.0 Å². The molecule has 0 heterocycles. The lowest BCUT2D eigenvalue weighted by atomic mass is 10.1. The fourth-order valence-electron chi connectivity index (χ4n) is 2.07. The summed E-state index contributed by atoms with van der Waals surface area (Å²) in [5.74, 6) is 0. The molecule has 1 aromatic carbocycles. The van der Waals surface area contributed by atoms with Crippen LogP contribution in [0.5, 0.6) is 0 Å². The van der Waals surface area contributed by atoms with Crippen molar-refractivity contribution in [2.45, 2.75) is 32.5 Å². The molecule has 0 aliphatic heterocycles. The van der Waals surface area contributed by atoms with Crippen LogP contribution in [-0.2, 0) is 10.9 Å². The zero-order valence-corrected chi connectivity index (χ0v) is 16.4. The van der Waals surface area contributed by atoms with E-state index in [4.69, 9.17) is 20.5 Å². The van der Waals surface area contributed by atoms with E-state index in [0.29, 0.717) is 0 Å². The normalized spacial score (nSPS) is 10.6. The van der Waals surface area contributed by atoms with Gasteiger partial charge in [-0.1, -0.05) is 0 Å². The minimum atomic E-state index is -4.64. The summed E-state index contributed by atoms with van der Waals surface area (Å²) >= 11 is 0. The first-order valence-corrected chi connectivity index (χ1v) is 8.55. The van der Waals surface area contributed by atoms with E-state index < -0.39 is 34.7 Å². The highest BCUT2D eigenvalue weighted by molar-refractivity contribution is 5.74. The maximum Gasteiger partial charge on any atom is 0.416 e. The van der Waals surface area contributed by atoms with Crippen molar-refractivity contribution < 1.29 is 22.7 Å². The molecule has 0 atom stereocenters. The molecule has 3 N–H and O–H groups in total. The van der Waals surface area contributed by atoms with Crippen LogP contribution in [0.25, 0.3) is 0 Å². The number of allylic oxidation sites excluding steroid dienone is 2. The molecule has 0 fully saturated rings. The standard InChI is InChI=1S/C19H19F3N6O2/c1-18(2,3)30-17(29)27-7-6-26-14-5-4-13(19(20,21)22)8-15(14)28-16(11-25)12(9-23)10-24/h4-5,8,26,28H,6-7H2,1-3H3,(H,27,29). The quantitative estimate of drug-likeness (QED) is 0.470. The number of rotatable bonds is 6. The molecule has 158 valence electrons. The molecular formula is C19H19F3N6O2. The first kappa shape index (κ1) is 24.1. The summed E-state index contributed by atoms with van der Waals surface area (Å²) in [6.07, 6.45) is -5.30. The Morgan fingerprint density at radius 1 is 1.03 bits per heavy atom. The second-order valence-electron chi connectivity index (χ2n) is 6.82. The van der Waals surface area contributed by atoms with Crippen molar-refractivity contribution in [1.82, 2.24) is 5.32 Å². The molecule has 0 spiro atoms. The zero-order chi connectivity index (χ0) is 22.9. The van der Waals surface area contributed by atoms with E-state index in [-0.39, 0.29) is 24.5 Å². The van der Waals surface area contributed by atoms with Crippen LogP contribution in [-0.4, -0.2) is 24.8 Å². The largest absolute Gasteiger partial charge is 0.444 e. The number of benzene rings is 1. The molecule has 0 aromatic heterocycles. The maximum absolute atomic E-state index is 13.0. The number of halogens is 3. The Hall–Kier alpha value is -3.91. The zero-order valence-electron chi connectivity index (χ0n) is 16.4. The predicted octanol–water partition coefficient (Wildman–Crippen LogP) is 3.88. The van der Waals surface area contributed by atoms with Crippen LogP contribution < -0.4 is 16.0 Å². The molecule has 0 saturated carbocycles. The Morgan fingerprint density at radius 2 is 1.67 bits per heavy atom. The van der Waals surface area contributed by atoms with E-state index >= 15 is 0 Å². The molecule has 0 bridgehead atoms. The lowest BCUT2D eigenvalue weighted by Gasteiger charge is -2.20. The average Bonchev–Trinajstić information content (AvgIpc) is 2.63. The number of nitrogens with one attached hydrogen (secondary N) is 3. The summed E-state index contributed by atoms with van der Waals surface area (Å²) in [5, 5.41) is 34.6. The van der Waals surface area contributed by atoms with Gasteiger partial charge in [-0.25, -0.2) is 4.79 Å². The first-order valence-electron chi connectivity index (χ1n) is 8.55. The fraction of sp³-hybridized carbons (Fsp3) is 0.368. The van der Waals surface area contributed by atoms with Crippen LogP contribution >= 0.6 is 0 Å².